The van der Waals surface area contributed by atoms with E-state index in [4.69, 9.17) is 4.74 Å². The highest BCUT2D eigenvalue weighted by Crippen LogP contribution is 2.24. The molecule has 0 unspecified atom stereocenters. The molecule has 2 amide bonds. The van der Waals surface area contributed by atoms with Gasteiger partial charge in [-0.15, -0.1) is 0 Å². The number of amides is 2. The number of carbonyl (C=O) groups excluding carboxylic acids is 2. The van der Waals surface area contributed by atoms with Crippen molar-refractivity contribution in [3.8, 4) is 5.75 Å². The molecular formula is C24H28N2O3. The summed E-state index contributed by atoms with van der Waals surface area (Å²) in [5.41, 5.74) is 1.50. The fourth-order valence-electron chi connectivity index (χ4n) is 3.33. The predicted octanol–water partition coefficient (Wildman–Crippen LogP) is 4.12. The zero-order valence-electron chi connectivity index (χ0n) is 17.2. The number of para-hydroxylation sites is 1. The average Bonchev–Trinajstić information content (AvgIpc) is 2.74. The van der Waals surface area contributed by atoms with Crippen LogP contribution in [-0.4, -0.2) is 35.9 Å². The Labute approximate surface area is 172 Å². The van der Waals surface area contributed by atoms with E-state index in [0.717, 1.165) is 5.56 Å². The highest BCUT2D eigenvalue weighted by Gasteiger charge is 2.27. The lowest BCUT2D eigenvalue weighted by atomic mass is 10.0. The molecule has 1 aliphatic heterocycles. The maximum absolute atomic E-state index is 13.1. The quantitative estimate of drug-likeness (QED) is 0.743. The van der Waals surface area contributed by atoms with Crippen molar-refractivity contribution in [2.45, 2.75) is 44.9 Å². The number of nitrogens with zero attached hydrogens (tertiary/aromatic N) is 1. The summed E-state index contributed by atoms with van der Waals surface area (Å²) in [4.78, 5) is 27.5. The van der Waals surface area contributed by atoms with Gasteiger partial charge in [-0.05, 0) is 38.0 Å². The minimum Gasteiger partial charge on any atom is -0.490 e. The topological polar surface area (TPSA) is 58.6 Å². The monoisotopic (exact) mass is 392 g/mol. The van der Waals surface area contributed by atoms with E-state index in [0.29, 0.717) is 24.2 Å². The molecule has 1 aliphatic rings. The van der Waals surface area contributed by atoms with Gasteiger partial charge >= 0.3 is 0 Å². The van der Waals surface area contributed by atoms with Crippen LogP contribution in [0.15, 0.2) is 66.7 Å². The summed E-state index contributed by atoms with van der Waals surface area (Å²) in [5.74, 6) is 0.114. The zero-order valence-corrected chi connectivity index (χ0v) is 17.2. The Balaban J connectivity index is 1.92. The number of fused-ring (bicyclic) bond motifs is 1. The van der Waals surface area contributed by atoms with Gasteiger partial charge in [-0.25, -0.2) is 0 Å². The Kier molecular flexibility index (Phi) is 6.70. The third-order valence-corrected chi connectivity index (χ3v) is 5.25. The van der Waals surface area contributed by atoms with Crippen LogP contribution in [0.25, 0.3) is 0 Å². The molecule has 5 heteroatoms. The van der Waals surface area contributed by atoms with Gasteiger partial charge in [-0.2, -0.15) is 0 Å². The van der Waals surface area contributed by atoms with E-state index < -0.39 is 6.04 Å². The van der Waals surface area contributed by atoms with E-state index in [1.165, 1.54) is 4.90 Å². The van der Waals surface area contributed by atoms with Crippen LogP contribution in [0.5, 0.6) is 5.75 Å². The number of carbonyl (C=O) groups is 2. The molecule has 29 heavy (non-hydrogen) atoms. The molecular weight excluding hydrogens is 364 g/mol. The number of hydrogen-bond donors (Lipinski definition) is 1. The molecule has 2 aromatic rings. The van der Waals surface area contributed by atoms with Crippen LogP contribution in [0.1, 0.15) is 48.7 Å². The first-order valence-corrected chi connectivity index (χ1v) is 10.0. The highest BCUT2D eigenvalue weighted by molar-refractivity contribution is 5.99. The molecule has 3 atom stereocenters. The molecule has 0 fully saturated rings. The molecule has 0 saturated heterocycles. The lowest BCUT2D eigenvalue weighted by molar-refractivity contribution is -0.125. The largest absolute Gasteiger partial charge is 0.490 e. The lowest BCUT2D eigenvalue weighted by Crippen LogP contribution is -2.47. The van der Waals surface area contributed by atoms with E-state index >= 15 is 0 Å². The van der Waals surface area contributed by atoms with E-state index in [2.05, 4.69) is 17.5 Å². The maximum Gasteiger partial charge on any atom is 0.258 e. The van der Waals surface area contributed by atoms with Crippen molar-refractivity contribution in [2.75, 3.05) is 7.05 Å². The molecule has 0 spiro atoms. The van der Waals surface area contributed by atoms with Crippen LogP contribution in [0.3, 0.4) is 0 Å². The molecule has 2 aromatic carbocycles. The molecule has 152 valence electrons. The van der Waals surface area contributed by atoms with E-state index in [-0.39, 0.29) is 24.0 Å². The van der Waals surface area contributed by atoms with Crippen LogP contribution >= 0.6 is 0 Å². The Morgan fingerprint density at radius 1 is 0.931 bits per heavy atom. The number of benzene rings is 2. The van der Waals surface area contributed by atoms with Crippen LogP contribution in [0, 0.1) is 0 Å². The fourth-order valence-corrected chi connectivity index (χ4v) is 3.33. The molecule has 0 radical (unpaired) electrons. The standard InChI is InChI=1S/C24H28N2O3/c1-17-11-7-9-15-21(19-12-5-4-6-13-19)25-23(27)18(2)26(3)24(28)20-14-8-10-16-22(20)29-17/h4-10,12-14,16-18,21H,11,15H2,1-3H3,(H,25,27)/b9-7-/t17-,18+,21-/m1/s1. The zero-order chi connectivity index (χ0) is 20.8. The summed E-state index contributed by atoms with van der Waals surface area (Å²) in [6.07, 6.45) is 5.46. The lowest BCUT2D eigenvalue weighted by Gasteiger charge is -2.28. The van der Waals surface area contributed by atoms with Gasteiger partial charge in [0.2, 0.25) is 5.91 Å². The first-order chi connectivity index (χ1) is 14.0. The Morgan fingerprint density at radius 2 is 1.59 bits per heavy atom. The molecule has 5 nitrogen and oxygen atoms in total. The summed E-state index contributed by atoms with van der Waals surface area (Å²) in [6.45, 7) is 3.73. The van der Waals surface area contributed by atoms with Gasteiger partial charge in [-0.1, -0.05) is 54.6 Å². The van der Waals surface area contributed by atoms with Crippen molar-refractivity contribution in [3.05, 3.63) is 77.9 Å². The highest BCUT2D eigenvalue weighted by atomic mass is 16.5. The van der Waals surface area contributed by atoms with Crippen molar-refractivity contribution < 1.29 is 14.3 Å². The van der Waals surface area contributed by atoms with Crippen LogP contribution in [0.2, 0.25) is 0 Å². The molecule has 0 aliphatic carbocycles. The second kappa shape index (κ2) is 9.41. The van der Waals surface area contributed by atoms with Crippen molar-refractivity contribution in [1.82, 2.24) is 10.2 Å². The Hall–Kier alpha value is -3.08. The number of nitrogens with one attached hydrogen (secondary N) is 1. The molecule has 0 saturated carbocycles. The summed E-state index contributed by atoms with van der Waals surface area (Å²) in [6, 6.07) is 16.3. The van der Waals surface area contributed by atoms with Crippen molar-refractivity contribution in [3.63, 3.8) is 0 Å². The van der Waals surface area contributed by atoms with Gasteiger partial charge in [0.25, 0.3) is 5.91 Å². The Morgan fingerprint density at radius 3 is 2.34 bits per heavy atom. The first-order valence-electron chi connectivity index (χ1n) is 10.0. The third-order valence-electron chi connectivity index (χ3n) is 5.25. The summed E-state index contributed by atoms with van der Waals surface area (Å²) in [5, 5.41) is 3.11. The number of rotatable bonds is 1. The molecule has 1 heterocycles. The van der Waals surface area contributed by atoms with Crippen LogP contribution in [-0.2, 0) is 4.79 Å². The van der Waals surface area contributed by atoms with Crippen LogP contribution < -0.4 is 10.1 Å². The first kappa shape index (κ1) is 20.6. The van der Waals surface area contributed by atoms with Crippen molar-refractivity contribution in [2.24, 2.45) is 0 Å². The molecule has 0 aromatic heterocycles. The summed E-state index contributed by atoms with van der Waals surface area (Å²) >= 11 is 0. The van der Waals surface area contributed by atoms with Crippen molar-refractivity contribution in [1.29, 1.82) is 0 Å². The average molecular weight is 392 g/mol. The van der Waals surface area contributed by atoms with Gasteiger partial charge in [-0.3, -0.25) is 9.59 Å². The normalized spacial score (nSPS) is 24.7. The minimum atomic E-state index is -0.619. The van der Waals surface area contributed by atoms with Crippen LogP contribution in [0.4, 0.5) is 0 Å². The van der Waals surface area contributed by atoms with E-state index in [1.807, 2.05) is 43.3 Å². The number of ether oxygens (including phenoxy) is 1. The Bertz CT molecular complexity index is 879. The van der Waals surface area contributed by atoms with Gasteiger partial charge in [0.05, 0.1) is 17.7 Å². The number of likely N-dealkylation sites (N-methyl/N-ethyl adjacent to an activating group) is 1. The van der Waals surface area contributed by atoms with Gasteiger partial charge in [0, 0.05) is 13.5 Å². The second-order valence-electron chi connectivity index (χ2n) is 7.43. The fraction of sp³-hybridized carbons (Fsp3) is 0.333. The second-order valence-corrected chi connectivity index (χ2v) is 7.43. The number of hydrogen-bond acceptors (Lipinski definition) is 3. The summed E-state index contributed by atoms with van der Waals surface area (Å²) < 4.78 is 6.03. The smallest absolute Gasteiger partial charge is 0.258 e. The van der Waals surface area contributed by atoms with E-state index in [1.54, 1.807) is 32.2 Å². The molecule has 0 bridgehead atoms. The third kappa shape index (κ3) is 5.05. The van der Waals surface area contributed by atoms with Gasteiger partial charge < -0.3 is 15.0 Å². The minimum absolute atomic E-state index is 0.0735. The molecule has 3 rings (SSSR count). The van der Waals surface area contributed by atoms with Gasteiger partial charge in [0.15, 0.2) is 0 Å². The van der Waals surface area contributed by atoms with E-state index in [9.17, 15) is 9.59 Å². The maximum atomic E-state index is 13.1. The molecule has 1 N–H and O–H groups in total. The van der Waals surface area contributed by atoms with Crippen molar-refractivity contribution >= 4 is 11.8 Å². The van der Waals surface area contributed by atoms with Gasteiger partial charge in [0.1, 0.15) is 11.8 Å². The summed E-state index contributed by atoms with van der Waals surface area (Å²) in [7, 11) is 1.65. The SMILES string of the molecule is C[C@@H]1C/C=C\C[C@H](c2ccccc2)NC(=O)[C@H](C)N(C)C(=O)c2ccccc2O1. The predicted molar refractivity (Wildman–Crippen MR) is 114 cm³/mol.